The molecule has 0 rings (SSSR count). The van der Waals surface area contributed by atoms with E-state index in [-0.39, 0.29) is 0 Å². The van der Waals surface area contributed by atoms with Crippen LogP contribution < -0.4 is 10.6 Å². The summed E-state index contributed by atoms with van der Waals surface area (Å²) >= 11 is 0. The van der Waals surface area contributed by atoms with Crippen LogP contribution >= 0.6 is 0 Å². The van der Waals surface area contributed by atoms with Crippen LogP contribution in [0.5, 0.6) is 0 Å². The van der Waals surface area contributed by atoms with Crippen LogP contribution in [-0.2, 0) is 0 Å². The average molecular weight is 313 g/mol. The van der Waals surface area contributed by atoms with E-state index in [9.17, 15) is 0 Å². The van der Waals surface area contributed by atoms with Crippen LogP contribution in [0.1, 0.15) is 86.0 Å². The van der Waals surface area contributed by atoms with Gasteiger partial charge in [-0.05, 0) is 56.8 Å². The zero-order chi connectivity index (χ0) is 16.6. The standard InChI is InChI=1S/C20H44N2/c1-6-10-12-19(8-3)16-21-14-18(5)15-22-17-20(9-4)13-11-7-2/h18-22H,6-17H2,1-5H3. The van der Waals surface area contributed by atoms with Gasteiger partial charge in [-0.15, -0.1) is 0 Å². The predicted octanol–water partition coefficient (Wildman–Crippen LogP) is 5.23. The maximum atomic E-state index is 3.69. The molecule has 0 aromatic rings. The summed E-state index contributed by atoms with van der Waals surface area (Å²) in [6.45, 7) is 16.3. The minimum atomic E-state index is 0.729. The third-order valence-electron chi connectivity index (χ3n) is 4.94. The van der Waals surface area contributed by atoms with Crippen molar-refractivity contribution in [2.75, 3.05) is 26.2 Å². The summed E-state index contributed by atoms with van der Waals surface area (Å²) in [5.41, 5.74) is 0. The summed E-state index contributed by atoms with van der Waals surface area (Å²) < 4.78 is 0. The van der Waals surface area contributed by atoms with Crippen molar-refractivity contribution in [1.29, 1.82) is 0 Å². The largest absolute Gasteiger partial charge is 0.316 e. The second-order valence-corrected chi connectivity index (χ2v) is 7.25. The van der Waals surface area contributed by atoms with Crippen LogP contribution in [0.15, 0.2) is 0 Å². The molecule has 0 bridgehead atoms. The van der Waals surface area contributed by atoms with Gasteiger partial charge in [0.1, 0.15) is 0 Å². The summed E-state index contributed by atoms with van der Waals surface area (Å²) in [4.78, 5) is 0. The minimum absolute atomic E-state index is 0.729. The lowest BCUT2D eigenvalue weighted by Gasteiger charge is -2.20. The molecule has 0 amide bonds. The van der Waals surface area contributed by atoms with Crippen molar-refractivity contribution in [2.24, 2.45) is 17.8 Å². The molecule has 0 radical (unpaired) electrons. The number of unbranched alkanes of at least 4 members (excludes halogenated alkanes) is 2. The first-order valence-electron chi connectivity index (χ1n) is 10.1. The SMILES string of the molecule is CCCCC(CC)CNCC(C)CNCC(CC)CCCC. The normalized spacial score (nSPS) is 15.7. The minimum Gasteiger partial charge on any atom is -0.316 e. The van der Waals surface area contributed by atoms with E-state index in [0.29, 0.717) is 0 Å². The molecule has 0 aromatic carbocycles. The molecule has 0 saturated heterocycles. The second-order valence-electron chi connectivity index (χ2n) is 7.25. The van der Waals surface area contributed by atoms with Crippen LogP contribution in [0.25, 0.3) is 0 Å². The van der Waals surface area contributed by atoms with Gasteiger partial charge in [0.15, 0.2) is 0 Å². The maximum absolute atomic E-state index is 3.69. The molecule has 0 aromatic heterocycles. The Morgan fingerprint density at radius 2 is 1.05 bits per heavy atom. The molecule has 134 valence electrons. The third kappa shape index (κ3) is 12.5. The van der Waals surface area contributed by atoms with Crippen LogP contribution in [0, 0.1) is 17.8 Å². The van der Waals surface area contributed by atoms with Crippen molar-refractivity contribution in [3.8, 4) is 0 Å². The quantitative estimate of drug-likeness (QED) is 0.407. The van der Waals surface area contributed by atoms with Crippen molar-refractivity contribution in [3.63, 3.8) is 0 Å². The molecule has 0 fully saturated rings. The van der Waals surface area contributed by atoms with E-state index >= 15 is 0 Å². The molecule has 22 heavy (non-hydrogen) atoms. The highest BCUT2D eigenvalue weighted by Gasteiger charge is 2.09. The molecule has 2 N–H and O–H groups in total. The lowest BCUT2D eigenvalue weighted by Crippen LogP contribution is -2.34. The number of nitrogens with one attached hydrogen (secondary N) is 2. The Bertz CT molecular complexity index is 196. The van der Waals surface area contributed by atoms with Gasteiger partial charge in [-0.3, -0.25) is 0 Å². The fraction of sp³-hybridized carbons (Fsp3) is 1.00. The van der Waals surface area contributed by atoms with Gasteiger partial charge < -0.3 is 10.6 Å². The van der Waals surface area contributed by atoms with Crippen LogP contribution in [-0.4, -0.2) is 26.2 Å². The van der Waals surface area contributed by atoms with Gasteiger partial charge in [-0.2, -0.15) is 0 Å². The summed E-state index contributed by atoms with van der Waals surface area (Å²) in [6, 6.07) is 0. The lowest BCUT2D eigenvalue weighted by molar-refractivity contribution is 0.374. The highest BCUT2D eigenvalue weighted by molar-refractivity contribution is 4.67. The summed E-state index contributed by atoms with van der Waals surface area (Å²) in [6.07, 6.45) is 10.8. The van der Waals surface area contributed by atoms with E-state index in [1.807, 2.05) is 0 Å². The first kappa shape index (κ1) is 21.9. The van der Waals surface area contributed by atoms with E-state index < -0.39 is 0 Å². The molecule has 2 atom stereocenters. The van der Waals surface area contributed by atoms with E-state index in [1.165, 1.54) is 64.5 Å². The first-order chi connectivity index (χ1) is 10.7. The molecule has 0 aliphatic carbocycles. The Labute approximate surface area is 141 Å². The van der Waals surface area contributed by atoms with E-state index in [2.05, 4.69) is 45.3 Å². The van der Waals surface area contributed by atoms with Gasteiger partial charge >= 0.3 is 0 Å². The fourth-order valence-electron chi connectivity index (χ4n) is 3.03. The van der Waals surface area contributed by atoms with E-state index in [0.717, 1.165) is 30.8 Å². The molecular weight excluding hydrogens is 268 g/mol. The number of hydrogen-bond donors (Lipinski definition) is 2. The van der Waals surface area contributed by atoms with Crippen LogP contribution in [0.3, 0.4) is 0 Å². The van der Waals surface area contributed by atoms with Gasteiger partial charge in [0.2, 0.25) is 0 Å². The number of rotatable bonds is 16. The molecule has 0 spiro atoms. The second kappa shape index (κ2) is 15.8. The van der Waals surface area contributed by atoms with Crippen molar-refractivity contribution in [2.45, 2.75) is 86.0 Å². The predicted molar refractivity (Wildman–Crippen MR) is 102 cm³/mol. The molecule has 0 aliphatic rings. The van der Waals surface area contributed by atoms with Crippen molar-refractivity contribution < 1.29 is 0 Å². The van der Waals surface area contributed by atoms with Gasteiger partial charge in [0.25, 0.3) is 0 Å². The first-order valence-corrected chi connectivity index (χ1v) is 10.1. The molecule has 2 unspecified atom stereocenters. The van der Waals surface area contributed by atoms with Crippen molar-refractivity contribution >= 4 is 0 Å². The van der Waals surface area contributed by atoms with Crippen molar-refractivity contribution in [3.05, 3.63) is 0 Å². The highest BCUT2D eigenvalue weighted by atomic mass is 14.9. The summed E-state index contributed by atoms with van der Waals surface area (Å²) in [5, 5.41) is 7.38. The van der Waals surface area contributed by atoms with Crippen LogP contribution in [0.2, 0.25) is 0 Å². The monoisotopic (exact) mass is 312 g/mol. The molecule has 2 nitrogen and oxygen atoms in total. The molecule has 0 aliphatic heterocycles. The Morgan fingerprint density at radius 1 is 0.636 bits per heavy atom. The Hall–Kier alpha value is -0.0800. The maximum Gasteiger partial charge on any atom is -0.00109 e. The Kier molecular flexibility index (Phi) is 15.7. The van der Waals surface area contributed by atoms with Gasteiger partial charge in [0, 0.05) is 0 Å². The average Bonchev–Trinajstić information content (AvgIpc) is 2.53. The Morgan fingerprint density at radius 3 is 1.36 bits per heavy atom. The smallest absolute Gasteiger partial charge is 0.00109 e. The van der Waals surface area contributed by atoms with Gasteiger partial charge in [-0.25, -0.2) is 0 Å². The van der Waals surface area contributed by atoms with Crippen LogP contribution in [0.4, 0.5) is 0 Å². The molecule has 0 heterocycles. The molecule has 0 saturated carbocycles. The van der Waals surface area contributed by atoms with E-state index in [1.54, 1.807) is 0 Å². The highest BCUT2D eigenvalue weighted by Crippen LogP contribution is 2.12. The molecular formula is C20H44N2. The zero-order valence-corrected chi connectivity index (χ0v) is 16.2. The van der Waals surface area contributed by atoms with Crippen molar-refractivity contribution in [1.82, 2.24) is 10.6 Å². The van der Waals surface area contributed by atoms with E-state index in [4.69, 9.17) is 0 Å². The lowest BCUT2D eigenvalue weighted by atomic mass is 9.98. The number of hydrogen-bond acceptors (Lipinski definition) is 2. The van der Waals surface area contributed by atoms with Gasteiger partial charge in [0.05, 0.1) is 0 Å². The topological polar surface area (TPSA) is 24.1 Å². The Balaban J connectivity index is 3.65. The zero-order valence-electron chi connectivity index (χ0n) is 16.2. The van der Waals surface area contributed by atoms with Gasteiger partial charge in [-0.1, -0.05) is 73.1 Å². The third-order valence-corrected chi connectivity index (χ3v) is 4.94. The molecule has 2 heteroatoms. The fourth-order valence-corrected chi connectivity index (χ4v) is 3.03. The summed E-state index contributed by atoms with van der Waals surface area (Å²) in [5.74, 6) is 2.48. The summed E-state index contributed by atoms with van der Waals surface area (Å²) in [7, 11) is 0.